The number of methoxy groups -OCH3 is 2. The van der Waals surface area contributed by atoms with Gasteiger partial charge in [0.2, 0.25) is 5.91 Å². The van der Waals surface area contributed by atoms with Crippen molar-refractivity contribution in [1.82, 2.24) is 9.80 Å². The maximum atomic E-state index is 13.5. The number of rotatable bonds is 5. The second-order valence-corrected chi connectivity index (χ2v) is 9.25. The van der Waals surface area contributed by atoms with Crippen LogP contribution in [0.1, 0.15) is 34.6 Å². The number of benzene rings is 2. The molecule has 0 aromatic heterocycles. The van der Waals surface area contributed by atoms with E-state index in [0.29, 0.717) is 18.0 Å². The fraction of sp³-hybridized carbons (Fsp3) is 0.444. The summed E-state index contributed by atoms with van der Waals surface area (Å²) in [6, 6.07) is 9.64. The molecule has 1 heterocycles. The minimum absolute atomic E-state index is 0.0548. The number of likely N-dealkylation sites (N-methyl/N-ethyl adjacent to an activating group) is 1. The van der Waals surface area contributed by atoms with Crippen LogP contribution in [0.3, 0.4) is 0 Å². The van der Waals surface area contributed by atoms with Gasteiger partial charge in [0.1, 0.15) is 24.8 Å². The minimum atomic E-state index is -0.442. The number of amides is 3. The maximum absolute atomic E-state index is 13.5. The normalized spacial score (nSPS) is 20.8. The van der Waals surface area contributed by atoms with Crippen LogP contribution in [0, 0.1) is 11.7 Å². The Balaban J connectivity index is 1.93. The largest absolute Gasteiger partial charge is 0.491 e. The van der Waals surface area contributed by atoms with Gasteiger partial charge in [0.15, 0.2) is 0 Å². The number of ether oxygens (including phenoxy) is 3. The molecule has 0 aliphatic carbocycles. The Morgan fingerprint density at radius 1 is 1.11 bits per heavy atom. The van der Waals surface area contributed by atoms with Gasteiger partial charge >= 0.3 is 0 Å². The zero-order chi connectivity index (χ0) is 27.1. The van der Waals surface area contributed by atoms with Gasteiger partial charge in [0, 0.05) is 51.5 Å². The van der Waals surface area contributed by atoms with E-state index in [1.54, 1.807) is 37.3 Å². The lowest BCUT2D eigenvalue weighted by Gasteiger charge is -2.36. The van der Waals surface area contributed by atoms with E-state index in [-0.39, 0.29) is 60.8 Å². The van der Waals surface area contributed by atoms with Crippen LogP contribution in [-0.2, 0) is 14.3 Å². The molecule has 0 saturated carbocycles. The maximum Gasteiger partial charge on any atom is 0.257 e. The molecular formula is C27H34FN3O6. The lowest BCUT2D eigenvalue weighted by molar-refractivity contribution is -0.139. The van der Waals surface area contributed by atoms with E-state index < -0.39 is 11.7 Å². The summed E-state index contributed by atoms with van der Waals surface area (Å²) >= 11 is 0. The molecule has 10 heteroatoms. The van der Waals surface area contributed by atoms with Crippen LogP contribution in [-0.4, -0.2) is 87.2 Å². The number of fused-ring (bicyclic) bond motifs is 1. The number of carbonyl (C=O) groups excluding carboxylic acids is 3. The standard InChI is InChI=1S/C27H34FN3O6/c1-17-13-31(25(32)16-35-4)18(2)15-37-23-11-10-21(29-26(33)19-6-8-20(28)9-7-19)12-22(23)27(34)30(3)14-24(17)36-5/h6-12,17-18,24H,13-16H2,1-5H3,(H,29,33)/t17-,18+,24+/m1/s1. The van der Waals surface area contributed by atoms with Gasteiger partial charge in [-0.3, -0.25) is 14.4 Å². The van der Waals surface area contributed by atoms with E-state index in [4.69, 9.17) is 14.2 Å². The summed E-state index contributed by atoms with van der Waals surface area (Å²) in [7, 11) is 4.72. The van der Waals surface area contributed by atoms with Crippen LogP contribution in [0.2, 0.25) is 0 Å². The van der Waals surface area contributed by atoms with Crippen molar-refractivity contribution in [2.24, 2.45) is 5.92 Å². The highest BCUT2D eigenvalue weighted by atomic mass is 19.1. The third-order valence-corrected chi connectivity index (χ3v) is 6.40. The van der Waals surface area contributed by atoms with Crippen molar-refractivity contribution in [3.8, 4) is 5.75 Å². The van der Waals surface area contributed by atoms with E-state index in [0.717, 1.165) is 0 Å². The first kappa shape index (κ1) is 28.1. The predicted octanol–water partition coefficient (Wildman–Crippen LogP) is 3.06. The summed E-state index contributed by atoms with van der Waals surface area (Å²) in [5, 5.41) is 2.74. The molecule has 37 heavy (non-hydrogen) atoms. The molecule has 2 aromatic rings. The summed E-state index contributed by atoms with van der Waals surface area (Å²) in [4.78, 5) is 42.1. The van der Waals surface area contributed by atoms with E-state index in [2.05, 4.69) is 5.32 Å². The molecule has 3 amide bonds. The van der Waals surface area contributed by atoms with Gasteiger partial charge in [-0.15, -0.1) is 0 Å². The summed E-state index contributed by atoms with van der Waals surface area (Å²) in [6.45, 7) is 4.62. The van der Waals surface area contributed by atoms with Crippen molar-refractivity contribution >= 4 is 23.4 Å². The number of anilines is 1. The molecule has 0 radical (unpaired) electrons. The van der Waals surface area contributed by atoms with E-state index in [1.165, 1.54) is 36.3 Å². The monoisotopic (exact) mass is 515 g/mol. The summed E-state index contributed by atoms with van der Waals surface area (Å²) in [5.74, 6) is -1.11. The van der Waals surface area contributed by atoms with Gasteiger partial charge in [0.25, 0.3) is 11.8 Å². The predicted molar refractivity (Wildman–Crippen MR) is 136 cm³/mol. The molecule has 1 aliphatic heterocycles. The molecule has 3 rings (SSSR count). The van der Waals surface area contributed by atoms with Gasteiger partial charge in [-0.25, -0.2) is 4.39 Å². The van der Waals surface area contributed by atoms with Gasteiger partial charge in [-0.2, -0.15) is 0 Å². The first-order chi connectivity index (χ1) is 17.6. The van der Waals surface area contributed by atoms with Gasteiger partial charge in [-0.05, 0) is 49.4 Å². The smallest absolute Gasteiger partial charge is 0.257 e. The van der Waals surface area contributed by atoms with Crippen molar-refractivity contribution in [3.63, 3.8) is 0 Å². The second kappa shape index (κ2) is 12.6. The van der Waals surface area contributed by atoms with Crippen LogP contribution < -0.4 is 10.1 Å². The minimum Gasteiger partial charge on any atom is -0.491 e. The summed E-state index contributed by atoms with van der Waals surface area (Å²) in [5.41, 5.74) is 0.914. The molecule has 2 aromatic carbocycles. The first-order valence-electron chi connectivity index (χ1n) is 12.0. The molecule has 1 N–H and O–H groups in total. The van der Waals surface area contributed by atoms with Crippen LogP contribution in [0.25, 0.3) is 0 Å². The Labute approximate surface area is 216 Å². The van der Waals surface area contributed by atoms with Crippen LogP contribution >= 0.6 is 0 Å². The van der Waals surface area contributed by atoms with Crippen molar-refractivity contribution in [3.05, 3.63) is 59.4 Å². The van der Waals surface area contributed by atoms with Gasteiger partial charge in [0.05, 0.1) is 17.7 Å². The van der Waals surface area contributed by atoms with E-state index in [1.807, 2.05) is 13.8 Å². The van der Waals surface area contributed by atoms with Crippen molar-refractivity contribution in [2.75, 3.05) is 52.9 Å². The number of halogens is 1. The third kappa shape index (κ3) is 7.05. The Morgan fingerprint density at radius 3 is 2.46 bits per heavy atom. The molecule has 3 atom stereocenters. The highest BCUT2D eigenvalue weighted by molar-refractivity contribution is 6.05. The van der Waals surface area contributed by atoms with Crippen LogP contribution in [0.15, 0.2) is 42.5 Å². The quantitative estimate of drug-likeness (QED) is 0.658. The van der Waals surface area contributed by atoms with E-state index in [9.17, 15) is 18.8 Å². The van der Waals surface area contributed by atoms with Crippen LogP contribution in [0.5, 0.6) is 5.75 Å². The Kier molecular flexibility index (Phi) is 9.60. The number of hydrogen-bond donors (Lipinski definition) is 1. The number of nitrogens with zero attached hydrogens (tertiary/aromatic N) is 2. The number of carbonyl (C=O) groups is 3. The average Bonchev–Trinajstić information content (AvgIpc) is 2.88. The van der Waals surface area contributed by atoms with Gasteiger partial charge in [-0.1, -0.05) is 6.92 Å². The average molecular weight is 516 g/mol. The Morgan fingerprint density at radius 2 is 1.81 bits per heavy atom. The Bertz CT molecular complexity index is 1110. The fourth-order valence-corrected chi connectivity index (χ4v) is 4.21. The highest BCUT2D eigenvalue weighted by Crippen LogP contribution is 2.27. The molecular weight excluding hydrogens is 481 g/mol. The lowest BCUT2D eigenvalue weighted by Crippen LogP contribution is -2.49. The van der Waals surface area contributed by atoms with Crippen molar-refractivity contribution < 1.29 is 33.0 Å². The van der Waals surface area contributed by atoms with Crippen molar-refractivity contribution in [1.29, 1.82) is 0 Å². The molecule has 0 saturated heterocycles. The SMILES string of the molecule is COCC(=O)N1C[C@@H](C)[C@@H](OC)CN(C)C(=O)c2cc(NC(=O)c3ccc(F)cc3)ccc2OC[C@@H]1C. The Hall–Kier alpha value is -3.50. The molecule has 0 spiro atoms. The summed E-state index contributed by atoms with van der Waals surface area (Å²) < 4.78 is 30.0. The molecule has 0 fully saturated rings. The number of nitrogens with one attached hydrogen (secondary N) is 1. The zero-order valence-electron chi connectivity index (χ0n) is 21.8. The molecule has 0 bridgehead atoms. The number of hydrogen-bond acceptors (Lipinski definition) is 6. The zero-order valence-corrected chi connectivity index (χ0v) is 21.8. The summed E-state index contributed by atoms with van der Waals surface area (Å²) in [6.07, 6.45) is -0.329. The second-order valence-electron chi connectivity index (χ2n) is 9.25. The van der Waals surface area contributed by atoms with Gasteiger partial charge < -0.3 is 29.3 Å². The lowest BCUT2D eigenvalue weighted by atomic mass is 10.0. The molecule has 9 nitrogen and oxygen atoms in total. The molecule has 1 aliphatic rings. The fourth-order valence-electron chi connectivity index (χ4n) is 4.21. The molecule has 0 unspecified atom stereocenters. The third-order valence-electron chi connectivity index (χ3n) is 6.40. The van der Waals surface area contributed by atoms with E-state index >= 15 is 0 Å². The highest BCUT2D eigenvalue weighted by Gasteiger charge is 2.30. The first-order valence-corrected chi connectivity index (χ1v) is 12.0. The topological polar surface area (TPSA) is 97.4 Å². The van der Waals surface area contributed by atoms with Crippen molar-refractivity contribution in [2.45, 2.75) is 26.0 Å². The van der Waals surface area contributed by atoms with Crippen LogP contribution in [0.4, 0.5) is 10.1 Å². The molecule has 200 valence electrons.